The van der Waals surface area contributed by atoms with Gasteiger partial charge >= 0.3 is 11.9 Å². The molecule has 4 nitrogen and oxygen atoms in total. The van der Waals surface area contributed by atoms with Crippen molar-refractivity contribution in [1.29, 1.82) is 0 Å². The molecule has 0 amide bonds. The molecule has 0 unspecified atom stereocenters. The third-order valence-corrected chi connectivity index (χ3v) is 6.44. The molecule has 0 aliphatic heterocycles. The predicted octanol–water partition coefficient (Wildman–Crippen LogP) is 5.63. The van der Waals surface area contributed by atoms with Gasteiger partial charge in [-0.3, -0.25) is 0 Å². The van der Waals surface area contributed by atoms with Crippen LogP contribution in [-0.2, 0) is 6.42 Å². The first-order valence-electron chi connectivity index (χ1n) is 8.52. The minimum absolute atomic E-state index is 0.349. The van der Waals surface area contributed by atoms with Crippen LogP contribution in [0.1, 0.15) is 52.0 Å². The molecule has 26 heavy (non-hydrogen) atoms. The monoisotopic (exact) mass is 390 g/mol. The molecule has 0 fully saturated rings. The van der Waals surface area contributed by atoms with Crippen LogP contribution in [0.3, 0.4) is 0 Å². The molecule has 0 spiro atoms. The molecule has 0 atom stereocenters. The summed E-state index contributed by atoms with van der Waals surface area (Å²) in [5.74, 6) is -0.796. The molecule has 0 aliphatic rings. The van der Waals surface area contributed by atoms with Crippen molar-refractivity contribution in [2.75, 3.05) is 5.75 Å². The number of hydrogen-bond donors (Lipinski definition) is 2. The van der Waals surface area contributed by atoms with E-state index < -0.39 is 11.9 Å². The van der Waals surface area contributed by atoms with Crippen LogP contribution in [0, 0.1) is 0 Å². The van der Waals surface area contributed by atoms with Gasteiger partial charge in [0.1, 0.15) is 0 Å². The van der Waals surface area contributed by atoms with E-state index in [1.165, 1.54) is 10.8 Å². The van der Waals surface area contributed by atoms with Gasteiger partial charge in [0.2, 0.25) is 0 Å². The molecule has 0 saturated carbocycles. The number of carboxylic acid groups (broad SMARTS) is 2. The van der Waals surface area contributed by atoms with Crippen LogP contribution in [0.25, 0.3) is 0 Å². The van der Waals surface area contributed by atoms with Gasteiger partial charge in [0, 0.05) is 10.6 Å². The first-order valence-corrected chi connectivity index (χ1v) is 10.8. The fraction of sp³-hybridized carbons (Fsp3) is 0.300. The molecule has 0 radical (unpaired) electrons. The van der Waals surface area contributed by atoms with Gasteiger partial charge in [0.25, 0.3) is 0 Å². The molecule has 0 bridgehead atoms. The van der Waals surface area contributed by atoms with E-state index in [-0.39, 0.29) is 0 Å². The second kappa shape index (κ2) is 10.9. The van der Waals surface area contributed by atoms with Crippen LogP contribution < -0.4 is 0 Å². The van der Waals surface area contributed by atoms with E-state index in [9.17, 15) is 14.7 Å². The van der Waals surface area contributed by atoms with E-state index in [2.05, 4.69) is 0 Å². The Morgan fingerprint density at radius 1 is 0.769 bits per heavy atom. The molecule has 0 aliphatic carbocycles. The fourth-order valence-electron chi connectivity index (χ4n) is 2.60. The predicted molar refractivity (Wildman–Crippen MR) is 107 cm³/mol. The van der Waals surface area contributed by atoms with Gasteiger partial charge in [-0.15, -0.1) is 0 Å². The quantitative estimate of drug-likeness (QED) is 0.383. The van der Waals surface area contributed by atoms with Crippen molar-refractivity contribution in [2.45, 2.75) is 37.0 Å². The van der Waals surface area contributed by atoms with E-state index in [0.717, 1.165) is 48.3 Å². The SMILES string of the molecule is O=C(O)c1ccccc1CCCCCCSSc1ccccc1C(=O)O. The van der Waals surface area contributed by atoms with Gasteiger partial charge in [-0.25, -0.2) is 9.59 Å². The number of carboxylic acids is 2. The molecule has 2 aromatic carbocycles. The Morgan fingerprint density at radius 3 is 2.12 bits per heavy atom. The summed E-state index contributed by atoms with van der Waals surface area (Å²) in [4.78, 5) is 23.1. The minimum atomic E-state index is -0.893. The Labute approximate surface area is 161 Å². The van der Waals surface area contributed by atoms with E-state index in [1.807, 2.05) is 24.3 Å². The number of hydrogen-bond acceptors (Lipinski definition) is 4. The van der Waals surface area contributed by atoms with Gasteiger partial charge < -0.3 is 10.2 Å². The van der Waals surface area contributed by atoms with Crippen LogP contribution >= 0.6 is 21.6 Å². The van der Waals surface area contributed by atoms with Gasteiger partial charge in [-0.05, 0) is 43.0 Å². The zero-order valence-electron chi connectivity index (χ0n) is 14.4. The highest BCUT2D eigenvalue weighted by Gasteiger charge is 2.10. The van der Waals surface area contributed by atoms with Crippen molar-refractivity contribution in [3.05, 3.63) is 65.2 Å². The lowest BCUT2D eigenvalue weighted by molar-refractivity contribution is 0.0683. The normalized spacial score (nSPS) is 10.6. The maximum Gasteiger partial charge on any atom is 0.336 e. The topological polar surface area (TPSA) is 74.6 Å². The van der Waals surface area contributed by atoms with E-state index in [0.29, 0.717) is 11.1 Å². The summed E-state index contributed by atoms with van der Waals surface area (Å²) >= 11 is 0. The van der Waals surface area contributed by atoms with Crippen LogP contribution in [0.4, 0.5) is 0 Å². The summed E-state index contributed by atoms with van der Waals surface area (Å²) in [6.45, 7) is 0. The summed E-state index contributed by atoms with van der Waals surface area (Å²) in [5.41, 5.74) is 1.65. The summed E-state index contributed by atoms with van der Waals surface area (Å²) in [6.07, 6.45) is 4.97. The maximum absolute atomic E-state index is 11.2. The first-order chi connectivity index (χ1) is 12.6. The molecule has 2 aromatic rings. The zero-order chi connectivity index (χ0) is 18.8. The van der Waals surface area contributed by atoms with Crippen molar-refractivity contribution in [3.8, 4) is 0 Å². The standard InChI is InChI=1S/C20H22O4S2/c21-19(22)16-11-5-4-10-15(16)9-3-1-2-8-14-25-26-18-13-7-6-12-17(18)20(23)24/h4-7,10-13H,1-3,8-9,14H2,(H,21,22)(H,23,24). The minimum Gasteiger partial charge on any atom is -0.478 e. The molecule has 2 N–H and O–H groups in total. The highest BCUT2D eigenvalue weighted by molar-refractivity contribution is 8.76. The third kappa shape index (κ3) is 6.42. The third-order valence-electron chi connectivity index (χ3n) is 3.94. The highest BCUT2D eigenvalue weighted by Crippen LogP contribution is 2.34. The van der Waals surface area contributed by atoms with E-state index >= 15 is 0 Å². The lowest BCUT2D eigenvalue weighted by atomic mass is 10.0. The fourth-order valence-corrected chi connectivity index (χ4v) is 4.93. The summed E-state index contributed by atoms with van der Waals surface area (Å²) in [5, 5.41) is 18.3. The molecule has 2 rings (SSSR count). The highest BCUT2D eigenvalue weighted by atomic mass is 33.1. The number of rotatable bonds is 11. The maximum atomic E-state index is 11.2. The lowest BCUT2D eigenvalue weighted by Gasteiger charge is -2.06. The first kappa shape index (κ1) is 20.4. The second-order valence-electron chi connectivity index (χ2n) is 5.83. The molecule has 6 heteroatoms. The number of aromatic carboxylic acids is 2. The zero-order valence-corrected chi connectivity index (χ0v) is 16.0. The Kier molecular flexibility index (Phi) is 8.58. The average Bonchev–Trinajstić information content (AvgIpc) is 2.64. The molecule has 0 saturated heterocycles. The van der Waals surface area contributed by atoms with Crippen molar-refractivity contribution in [1.82, 2.24) is 0 Å². The van der Waals surface area contributed by atoms with Crippen LogP contribution in [-0.4, -0.2) is 27.9 Å². The molecule has 0 aromatic heterocycles. The number of benzene rings is 2. The summed E-state index contributed by atoms with van der Waals surface area (Å²) in [6, 6.07) is 14.2. The van der Waals surface area contributed by atoms with Crippen molar-refractivity contribution < 1.29 is 19.8 Å². The Hall–Kier alpha value is -1.92. The van der Waals surface area contributed by atoms with Crippen molar-refractivity contribution in [3.63, 3.8) is 0 Å². The summed E-state index contributed by atoms with van der Waals surface area (Å²) < 4.78 is 0. The Balaban J connectivity index is 1.62. The lowest BCUT2D eigenvalue weighted by Crippen LogP contribution is -2.02. The van der Waals surface area contributed by atoms with Gasteiger partial charge in [0.15, 0.2) is 0 Å². The second-order valence-corrected chi connectivity index (χ2v) is 8.29. The summed E-state index contributed by atoms with van der Waals surface area (Å²) in [7, 11) is 3.19. The van der Waals surface area contributed by atoms with Crippen molar-refractivity contribution >= 4 is 33.5 Å². The van der Waals surface area contributed by atoms with Gasteiger partial charge in [-0.1, -0.05) is 64.8 Å². The molecular formula is C20H22O4S2. The van der Waals surface area contributed by atoms with E-state index in [1.54, 1.807) is 35.1 Å². The van der Waals surface area contributed by atoms with Crippen molar-refractivity contribution in [2.24, 2.45) is 0 Å². The van der Waals surface area contributed by atoms with Crippen LogP contribution in [0.2, 0.25) is 0 Å². The van der Waals surface area contributed by atoms with Gasteiger partial charge in [-0.2, -0.15) is 0 Å². The number of carbonyl (C=O) groups is 2. The molecule has 0 heterocycles. The molecule has 138 valence electrons. The number of aryl methyl sites for hydroxylation is 1. The Bertz CT molecular complexity index is 683. The van der Waals surface area contributed by atoms with Crippen LogP contribution in [0.15, 0.2) is 53.4 Å². The molecular weight excluding hydrogens is 368 g/mol. The largest absolute Gasteiger partial charge is 0.478 e. The average molecular weight is 391 g/mol. The Morgan fingerprint density at radius 2 is 1.38 bits per heavy atom. The smallest absolute Gasteiger partial charge is 0.336 e. The van der Waals surface area contributed by atoms with E-state index in [4.69, 9.17) is 5.11 Å². The van der Waals surface area contributed by atoms with Crippen LogP contribution in [0.5, 0.6) is 0 Å². The van der Waals surface area contributed by atoms with Gasteiger partial charge in [0.05, 0.1) is 11.1 Å². The number of unbranched alkanes of at least 4 members (excludes halogenated alkanes) is 3.